The van der Waals surface area contributed by atoms with Gasteiger partial charge in [0.1, 0.15) is 0 Å². The molecule has 0 atom stereocenters. The van der Waals surface area contributed by atoms with Crippen molar-refractivity contribution in [2.45, 2.75) is 0 Å². The van der Waals surface area contributed by atoms with E-state index in [-0.39, 0.29) is 0 Å². The molecule has 0 saturated heterocycles. The molecule has 28 heavy (non-hydrogen) atoms. The summed E-state index contributed by atoms with van der Waals surface area (Å²) in [6, 6.07) is 30.6. The van der Waals surface area contributed by atoms with Crippen LogP contribution in [0.4, 0.5) is 0 Å². The molecule has 0 fully saturated rings. The predicted molar refractivity (Wildman–Crippen MR) is 91.1 cm³/mol. The number of oxazole rings is 1. The fourth-order valence-electron chi connectivity index (χ4n) is 2.65. The summed E-state index contributed by atoms with van der Waals surface area (Å²) in [5, 5.41) is 0. The average molecular weight is 398 g/mol. The van der Waals surface area contributed by atoms with Crippen LogP contribution in [0.2, 0.25) is 0 Å². The molecule has 0 N–H and O–H groups in total. The van der Waals surface area contributed by atoms with Crippen molar-refractivity contribution < 1.29 is 37.9 Å². The van der Waals surface area contributed by atoms with E-state index in [1.54, 1.807) is 0 Å². The third-order valence-corrected chi connectivity index (χ3v) is 3.79. The Balaban J connectivity index is 0.000000403. The zero-order valence-electron chi connectivity index (χ0n) is 14.6. The van der Waals surface area contributed by atoms with Gasteiger partial charge in [0.15, 0.2) is 0 Å². The molecule has 0 aliphatic heterocycles. The summed E-state index contributed by atoms with van der Waals surface area (Å²) in [6.07, 6.45) is 2.05. The van der Waals surface area contributed by atoms with Gasteiger partial charge in [0, 0.05) is 17.7 Å². The van der Waals surface area contributed by atoms with Crippen molar-refractivity contribution in [2.75, 3.05) is 0 Å². The maximum Gasteiger partial charge on any atom is 0.387 e. The van der Waals surface area contributed by atoms with Crippen LogP contribution in [0, 0.1) is 10.2 Å². The van der Waals surface area contributed by atoms with Crippen molar-refractivity contribution in [2.24, 2.45) is 0 Å². The van der Waals surface area contributed by atoms with E-state index >= 15 is 0 Å². The van der Waals surface area contributed by atoms with Gasteiger partial charge in [-0.05, 0) is 12.1 Å². The molecule has 1 heterocycles. The van der Waals surface area contributed by atoms with Crippen molar-refractivity contribution in [1.29, 1.82) is 0 Å². The van der Waals surface area contributed by atoms with Crippen LogP contribution in [0.3, 0.4) is 0 Å². The monoisotopic (exact) mass is 397 g/mol. The van der Waals surface area contributed by atoms with Crippen molar-refractivity contribution in [3.63, 3.8) is 0 Å². The van der Waals surface area contributed by atoms with Crippen LogP contribution in [0.1, 0.15) is 0 Å². The molecule has 142 valence electrons. The Morgan fingerprint density at radius 1 is 0.607 bits per heavy atom. The second kappa shape index (κ2) is 8.79. The first-order valence-corrected chi connectivity index (χ1v) is 9.49. The Morgan fingerprint density at radius 2 is 1.04 bits per heavy atom. The number of aromatic nitrogens is 1. The van der Waals surface area contributed by atoms with Gasteiger partial charge in [-0.25, -0.2) is 18.6 Å². The smallest absolute Gasteiger partial charge is 0.387 e. The van der Waals surface area contributed by atoms with E-state index in [4.69, 9.17) is 23.1 Å². The number of halogens is 1. The zero-order valence-corrected chi connectivity index (χ0v) is 15.4. The fourth-order valence-corrected chi connectivity index (χ4v) is 2.65. The Bertz CT molecular complexity index is 936. The molecule has 0 aliphatic carbocycles. The summed E-state index contributed by atoms with van der Waals surface area (Å²) in [6.45, 7) is 0. The quantitative estimate of drug-likeness (QED) is 0.456. The van der Waals surface area contributed by atoms with Gasteiger partial charge in [-0.15, -0.1) is 14.8 Å². The number of benzene rings is 3. The molecule has 3 aromatic carbocycles. The van der Waals surface area contributed by atoms with Crippen LogP contribution in [0.15, 0.2) is 102 Å². The predicted octanol–water partition coefficient (Wildman–Crippen LogP) is 0.134. The lowest BCUT2D eigenvalue weighted by Gasteiger charge is -2.17. The van der Waals surface area contributed by atoms with Gasteiger partial charge in [-0.2, -0.15) is 0 Å². The minimum Gasteiger partial charge on any atom is -0.397 e. The normalized spacial score (nSPS) is 10.9. The third kappa shape index (κ3) is 5.50. The first-order chi connectivity index (χ1) is 13.4. The minimum atomic E-state index is -4.94. The highest BCUT2D eigenvalue weighted by Crippen LogP contribution is 2.25. The summed E-state index contributed by atoms with van der Waals surface area (Å²) in [5.74, 6) is 1.68. The summed E-state index contributed by atoms with van der Waals surface area (Å²) in [4.78, 5) is 0. The minimum absolute atomic E-state index is 0.829. The number of hydrogen-bond acceptors (Lipinski definition) is 5. The van der Waals surface area contributed by atoms with Crippen LogP contribution in [0.5, 0.6) is 0 Å². The van der Waals surface area contributed by atoms with E-state index in [0.717, 1.165) is 28.5 Å². The lowest BCUT2D eigenvalue weighted by Crippen LogP contribution is -2.68. The van der Waals surface area contributed by atoms with Crippen molar-refractivity contribution >= 4 is 0 Å². The van der Waals surface area contributed by atoms with E-state index in [0.29, 0.717) is 0 Å². The molecule has 0 spiro atoms. The number of rotatable bonds is 3. The van der Waals surface area contributed by atoms with E-state index < -0.39 is 10.2 Å². The van der Waals surface area contributed by atoms with Gasteiger partial charge >= 0.3 is 5.89 Å². The highest BCUT2D eigenvalue weighted by atomic mass is 35.7. The van der Waals surface area contributed by atoms with Gasteiger partial charge in [0.05, 0.1) is 5.56 Å². The molecule has 0 bridgehead atoms. The van der Waals surface area contributed by atoms with E-state index in [1.807, 2.05) is 60.8 Å². The maximum absolute atomic E-state index is 8.49. The van der Waals surface area contributed by atoms with Crippen LogP contribution in [-0.4, -0.2) is 0 Å². The second-order valence-corrected chi connectivity index (χ2v) is 6.47. The fraction of sp³-hybridized carbons (Fsp3) is 0. The molecule has 0 aliphatic rings. The van der Waals surface area contributed by atoms with E-state index in [9.17, 15) is 0 Å². The van der Waals surface area contributed by atoms with Crippen molar-refractivity contribution in [1.82, 2.24) is 0 Å². The summed E-state index contributed by atoms with van der Waals surface area (Å²) < 4.78 is 42.3. The molecule has 1 aromatic heterocycles. The molecular weight excluding hydrogens is 382 g/mol. The topological polar surface area (TPSA) is 109 Å². The van der Waals surface area contributed by atoms with E-state index in [2.05, 4.69) is 41.0 Å². The standard InChI is InChI=1S/C21H16NO.ClHO4/c1-4-10-17(11-5-1)20-16-22(19-14-8-3-9-15-19)21(23-20)18-12-6-2-7-13-18;2-1(3,4)5/h1-16H;(H,2,3,4,5)/q+1;/p-1. The van der Waals surface area contributed by atoms with Crippen molar-refractivity contribution in [3.05, 3.63) is 97.2 Å². The largest absolute Gasteiger partial charge is 0.397 e. The Morgan fingerprint density at radius 3 is 1.54 bits per heavy atom. The van der Waals surface area contributed by atoms with Gasteiger partial charge in [0.2, 0.25) is 17.6 Å². The zero-order chi connectivity index (χ0) is 20.0. The molecule has 7 heteroatoms. The molecule has 0 saturated carbocycles. The molecule has 4 aromatic rings. The molecular formula is C21H16ClNO5. The first kappa shape index (κ1) is 19.8. The Kier molecular flexibility index (Phi) is 6.20. The number of nitrogens with zero attached hydrogens (tertiary/aromatic N) is 1. The molecule has 0 amide bonds. The lowest BCUT2D eigenvalue weighted by molar-refractivity contribution is -2.00. The van der Waals surface area contributed by atoms with Crippen LogP contribution >= 0.6 is 0 Å². The first-order valence-electron chi connectivity index (χ1n) is 8.25. The van der Waals surface area contributed by atoms with Gasteiger partial charge in [-0.3, -0.25) is 0 Å². The van der Waals surface area contributed by atoms with Crippen molar-refractivity contribution in [3.8, 4) is 28.5 Å². The SMILES string of the molecule is [O-][Cl+3]([O-])([O-])[O-].c1ccc(-c2c[n+](-c3ccccc3)c(-c3ccccc3)o2)cc1. The molecule has 6 nitrogen and oxygen atoms in total. The Hall–Kier alpha value is -3.00. The highest BCUT2D eigenvalue weighted by molar-refractivity contribution is 5.59. The summed E-state index contributed by atoms with van der Waals surface area (Å²) in [7, 11) is -4.94. The van der Waals surface area contributed by atoms with Gasteiger partial charge < -0.3 is 4.42 Å². The van der Waals surface area contributed by atoms with Crippen LogP contribution < -0.4 is 23.2 Å². The average Bonchev–Trinajstić information content (AvgIpc) is 3.14. The second-order valence-electron chi connectivity index (χ2n) is 5.72. The summed E-state index contributed by atoms with van der Waals surface area (Å²) >= 11 is 0. The molecule has 0 unspecified atom stereocenters. The van der Waals surface area contributed by atoms with Crippen LogP contribution in [-0.2, 0) is 0 Å². The van der Waals surface area contributed by atoms with Gasteiger partial charge in [-0.1, -0.05) is 66.7 Å². The molecule has 0 radical (unpaired) electrons. The number of para-hydroxylation sites is 1. The molecule has 4 rings (SSSR count). The third-order valence-electron chi connectivity index (χ3n) is 3.79. The van der Waals surface area contributed by atoms with Crippen LogP contribution in [0.25, 0.3) is 28.5 Å². The lowest BCUT2D eigenvalue weighted by atomic mass is 10.2. The Labute approximate surface area is 163 Å². The van der Waals surface area contributed by atoms with E-state index in [1.165, 1.54) is 0 Å². The maximum atomic E-state index is 8.49. The summed E-state index contributed by atoms with van der Waals surface area (Å²) in [5.41, 5.74) is 3.20. The van der Waals surface area contributed by atoms with Gasteiger partial charge in [0.25, 0.3) is 0 Å². The highest BCUT2D eigenvalue weighted by Gasteiger charge is 2.23. The number of hydrogen-bond donors (Lipinski definition) is 0.